The maximum absolute atomic E-state index is 12.3. The fourth-order valence-electron chi connectivity index (χ4n) is 1.13. The Morgan fingerprint density at radius 1 is 1.36 bits per heavy atom. The summed E-state index contributed by atoms with van der Waals surface area (Å²) in [5.74, 6) is -1.51. The molecule has 0 amide bonds. The quantitative estimate of drug-likeness (QED) is 0.814. The Morgan fingerprint density at radius 3 is 2.36 bits per heavy atom. The Hall–Kier alpha value is -1.53. The van der Waals surface area contributed by atoms with Crippen LogP contribution < -0.4 is 0 Å². The van der Waals surface area contributed by atoms with Crippen LogP contribution in [0.3, 0.4) is 0 Å². The van der Waals surface area contributed by atoms with E-state index in [4.69, 9.17) is 5.11 Å². The summed E-state index contributed by atoms with van der Waals surface area (Å²) in [7, 11) is 0. The van der Waals surface area contributed by atoms with Crippen molar-refractivity contribution in [3.63, 3.8) is 0 Å². The van der Waals surface area contributed by atoms with Crippen molar-refractivity contribution in [3.05, 3.63) is 17.0 Å². The molecule has 1 rings (SSSR count). The second-order valence-electron chi connectivity index (χ2n) is 2.46. The highest BCUT2D eigenvalue weighted by molar-refractivity contribution is 5.90. The molecular weight excluding hydrogens is 201 g/mol. The zero-order valence-corrected chi connectivity index (χ0v) is 7.01. The van der Waals surface area contributed by atoms with E-state index in [1.54, 1.807) is 0 Å². The first-order valence-electron chi connectivity index (χ1n) is 3.65. The second kappa shape index (κ2) is 4.12. The molecule has 0 aliphatic heterocycles. The van der Waals surface area contributed by atoms with Crippen LogP contribution in [0.15, 0.2) is 0 Å². The highest BCUT2D eigenvalue weighted by Gasteiger charge is 2.22. The minimum absolute atomic E-state index is 0.451. The van der Waals surface area contributed by atoms with Crippen LogP contribution in [-0.2, 0) is 20.1 Å². The lowest BCUT2D eigenvalue weighted by Gasteiger charge is -1.98. The van der Waals surface area contributed by atoms with Gasteiger partial charge in [-0.2, -0.15) is 5.10 Å². The summed E-state index contributed by atoms with van der Waals surface area (Å²) in [6, 6.07) is 0. The molecule has 0 saturated heterocycles. The van der Waals surface area contributed by atoms with E-state index in [2.05, 4.69) is 5.10 Å². The summed E-state index contributed by atoms with van der Waals surface area (Å²) in [5.41, 5.74) is -1.50. The van der Waals surface area contributed by atoms with Crippen LogP contribution in [0.25, 0.3) is 0 Å². The lowest BCUT2D eigenvalue weighted by molar-refractivity contribution is 0.0692. The number of nitrogens with zero attached hydrogens (tertiary/aromatic N) is 2. The standard InChI is InChI=1S/C7H7F3N2O2/c8-1-4-6(7(13)14)5(2-9)12(3-10)11-4/h1-3H2,(H,13,14). The monoisotopic (exact) mass is 208 g/mol. The molecular formula is C7H7F3N2O2. The fourth-order valence-corrected chi connectivity index (χ4v) is 1.13. The van der Waals surface area contributed by atoms with Crippen molar-refractivity contribution in [1.29, 1.82) is 0 Å². The summed E-state index contributed by atoms with van der Waals surface area (Å²) in [6.07, 6.45) is 0. The minimum Gasteiger partial charge on any atom is -0.478 e. The Labute approximate surface area is 77.0 Å². The zero-order chi connectivity index (χ0) is 10.7. The van der Waals surface area contributed by atoms with Gasteiger partial charge >= 0.3 is 5.97 Å². The first kappa shape index (κ1) is 10.6. The fraction of sp³-hybridized carbons (Fsp3) is 0.429. The highest BCUT2D eigenvalue weighted by Crippen LogP contribution is 2.17. The Morgan fingerprint density at radius 2 is 2.00 bits per heavy atom. The molecule has 1 aromatic heterocycles. The van der Waals surface area contributed by atoms with E-state index >= 15 is 0 Å². The van der Waals surface area contributed by atoms with Gasteiger partial charge in [0.1, 0.15) is 24.6 Å². The number of carbonyl (C=O) groups is 1. The van der Waals surface area contributed by atoms with Crippen molar-refractivity contribution in [2.45, 2.75) is 20.1 Å². The van der Waals surface area contributed by atoms with Crippen LogP contribution in [0.2, 0.25) is 0 Å². The van der Waals surface area contributed by atoms with Gasteiger partial charge in [-0.1, -0.05) is 0 Å². The van der Waals surface area contributed by atoms with Crippen molar-refractivity contribution in [2.24, 2.45) is 0 Å². The van der Waals surface area contributed by atoms with Crippen molar-refractivity contribution >= 4 is 5.97 Å². The van der Waals surface area contributed by atoms with Gasteiger partial charge in [-0.15, -0.1) is 0 Å². The molecule has 0 fully saturated rings. The Balaban J connectivity index is 3.33. The maximum Gasteiger partial charge on any atom is 0.339 e. The van der Waals surface area contributed by atoms with Crippen LogP contribution in [0, 0.1) is 0 Å². The third-order valence-electron chi connectivity index (χ3n) is 1.71. The van der Waals surface area contributed by atoms with E-state index in [1.807, 2.05) is 0 Å². The summed E-state index contributed by atoms with van der Waals surface area (Å²) in [4.78, 5) is 10.6. The van der Waals surface area contributed by atoms with Crippen LogP contribution in [0.5, 0.6) is 0 Å². The average Bonchev–Trinajstić information content (AvgIpc) is 2.54. The van der Waals surface area contributed by atoms with Crippen molar-refractivity contribution in [2.75, 3.05) is 0 Å². The van der Waals surface area contributed by atoms with Crippen LogP contribution in [0.4, 0.5) is 13.2 Å². The van der Waals surface area contributed by atoms with Gasteiger partial charge < -0.3 is 5.11 Å². The predicted molar refractivity (Wildman–Crippen MR) is 39.9 cm³/mol. The van der Waals surface area contributed by atoms with Gasteiger partial charge in [-0.05, 0) is 0 Å². The van der Waals surface area contributed by atoms with Crippen LogP contribution >= 0.6 is 0 Å². The number of aromatic nitrogens is 2. The van der Waals surface area contributed by atoms with Gasteiger partial charge in [-0.3, -0.25) is 0 Å². The van der Waals surface area contributed by atoms with Crippen molar-refractivity contribution < 1.29 is 23.1 Å². The second-order valence-corrected chi connectivity index (χ2v) is 2.46. The van der Waals surface area contributed by atoms with E-state index in [0.717, 1.165) is 0 Å². The number of alkyl halides is 3. The molecule has 1 N–H and O–H groups in total. The minimum atomic E-state index is -1.51. The third kappa shape index (κ3) is 1.57. The summed E-state index contributed by atoms with van der Waals surface area (Å²) in [6.45, 7) is -3.54. The largest absolute Gasteiger partial charge is 0.478 e. The predicted octanol–water partition coefficient (Wildman–Crippen LogP) is 1.45. The van der Waals surface area contributed by atoms with Gasteiger partial charge in [0, 0.05) is 0 Å². The van der Waals surface area contributed by atoms with Gasteiger partial charge in [0.25, 0.3) is 0 Å². The molecule has 0 aliphatic carbocycles. The van der Waals surface area contributed by atoms with E-state index in [1.165, 1.54) is 0 Å². The maximum atomic E-state index is 12.3. The highest BCUT2D eigenvalue weighted by atomic mass is 19.1. The van der Waals surface area contributed by atoms with Gasteiger partial charge in [0.05, 0.1) is 5.69 Å². The summed E-state index contributed by atoms with van der Waals surface area (Å²) < 4.78 is 37.2. The SMILES string of the molecule is O=C(O)c1c(CF)nn(CF)c1CF. The van der Waals surface area contributed by atoms with Gasteiger partial charge in [0.2, 0.25) is 0 Å². The molecule has 0 bridgehead atoms. The Kier molecular flexibility index (Phi) is 3.10. The molecule has 0 saturated carbocycles. The normalized spacial score (nSPS) is 10.5. The molecule has 1 aromatic rings. The average molecular weight is 208 g/mol. The zero-order valence-electron chi connectivity index (χ0n) is 7.01. The lowest BCUT2D eigenvalue weighted by Crippen LogP contribution is -2.05. The van der Waals surface area contributed by atoms with Crippen molar-refractivity contribution in [3.8, 4) is 0 Å². The molecule has 0 spiro atoms. The molecule has 0 aliphatic rings. The van der Waals surface area contributed by atoms with Crippen molar-refractivity contribution in [1.82, 2.24) is 9.78 Å². The number of carboxylic acids is 1. The van der Waals surface area contributed by atoms with Gasteiger partial charge in [-0.25, -0.2) is 22.6 Å². The van der Waals surface area contributed by atoms with Gasteiger partial charge in [0.15, 0.2) is 6.80 Å². The number of aromatic carboxylic acids is 1. The molecule has 0 unspecified atom stereocenters. The molecule has 0 aromatic carbocycles. The van der Waals surface area contributed by atoms with Crippen LogP contribution in [0.1, 0.15) is 21.7 Å². The molecule has 14 heavy (non-hydrogen) atoms. The summed E-state index contributed by atoms with van der Waals surface area (Å²) in [5, 5.41) is 11.9. The number of hydrogen-bond acceptors (Lipinski definition) is 2. The number of hydrogen-bond donors (Lipinski definition) is 1. The first-order chi connectivity index (χ1) is 6.65. The third-order valence-corrected chi connectivity index (χ3v) is 1.71. The van der Waals surface area contributed by atoms with E-state index < -0.39 is 43.1 Å². The number of carboxylic acid groups (broad SMARTS) is 1. The number of rotatable bonds is 4. The molecule has 0 atom stereocenters. The van der Waals surface area contributed by atoms with E-state index in [0.29, 0.717) is 4.68 Å². The smallest absolute Gasteiger partial charge is 0.339 e. The summed E-state index contributed by atoms with van der Waals surface area (Å²) >= 11 is 0. The topological polar surface area (TPSA) is 55.1 Å². The lowest BCUT2D eigenvalue weighted by atomic mass is 10.2. The molecule has 7 heteroatoms. The number of halogens is 3. The molecule has 1 heterocycles. The van der Waals surface area contributed by atoms with E-state index in [9.17, 15) is 18.0 Å². The Bertz CT molecular complexity index is 351. The van der Waals surface area contributed by atoms with E-state index in [-0.39, 0.29) is 0 Å². The molecule has 0 radical (unpaired) electrons. The van der Waals surface area contributed by atoms with Crippen LogP contribution in [-0.4, -0.2) is 20.9 Å². The molecule has 4 nitrogen and oxygen atoms in total. The first-order valence-corrected chi connectivity index (χ1v) is 3.65. The molecule has 78 valence electrons.